The van der Waals surface area contributed by atoms with Gasteiger partial charge in [0.25, 0.3) is 0 Å². The van der Waals surface area contributed by atoms with E-state index >= 15 is 0 Å². The molecule has 4 heteroatoms. The van der Waals surface area contributed by atoms with Crippen molar-refractivity contribution >= 4 is 0 Å². The molecule has 0 unspecified atom stereocenters. The van der Waals surface area contributed by atoms with Gasteiger partial charge >= 0.3 is 0 Å². The second-order valence-electron chi connectivity index (χ2n) is 9.01. The second kappa shape index (κ2) is 10.1. The van der Waals surface area contributed by atoms with Crippen molar-refractivity contribution in [1.82, 2.24) is 9.80 Å². The van der Waals surface area contributed by atoms with Crippen LogP contribution in [0.15, 0.2) is 24.3 Å². The first-order valence-electron chi connectivity index (χ1n) is 11.6. The normalized spacial score (nSPS) is 27.7. The van der Waals surface area contributed by atoms with Crippen molar-refractivity contribution in [3.63, 3.8) is 0 Å². The Morgan fingerprint density at radius 1 is 0.929 bits per heavy atom. The van der Waals surface area contributed by atoms with E-state index in [0.29, 0.717) is 0 Å². The summed E-state index contributed by atoms with van der Waals surface area (Å²) in [6, 6.07) is 8.67. The number of nitrogens with zero attached hydrogens (tertiary/aromatic N) is 2. The van der Waals surface area contributed by atoms with Crippen LogP contribution in [0, 0.1) is 17.8 Å². The smallest absolute Gasteiger partial charge is 0.119 e. The van der Waals surface area contributed by atoms with Gasteiger partial charge in [-0.1, -0.05) is 25.5 Å². The Balaban J connectivity index is 1.07. The van der Waals surface area contributed by atoms with E-state index < -0.39 is 0 Å². The molecule has 1 aromatic carbocycles. The molecule has 0 amide bonds. The molecule has 2 heterocycles. The number of benzene rings is 1. The van der Waals surface area contributed by atoms with Crippen LogP contribution in [-0.2, 0) is 11.3 Å². The lowest BCUT2D eigenvalue weighted by Gasteiger charge is -2.26. The van der Waals surface area contributed by atoms with Gasteiger partial charge in [0, 0.05) is 32.8 Å². The Labute approximate surface area is 171 Å². The van der Waals surface area contributed by atoms with Crippen molar-refractivity contribution in [2.75, 3.05) is 52.5 Å². The van der Waals surface area contributed by atoms with Crippen LogP contribution in [0.2, 0.25) is 0 Å². The lowest BCUT2D eigenvalue weighted by molar-refractivity contribution is 0.0967. The average molecular weight is 387 g/mol. The minimum atomic E-state index is 0.802. The van der Waals surface area contributed by atoms with Gasteiger partial charge in [-0.15, -0.1) is 0 Å². The highest BCUT2D eigenvalue weighted by Gasteiger charge is 2.55. The molecule has 4 nitrogen and oxygen atoms in total. The molecule has 0 bridgehead atoms. The first kappa shape index (κ1) is 20.2. The van der Waals surface area contributed by atoms with Crippen LogP contribution in [0.4, 0.5) is 0 Å². The summed E-state index contributed by atoms with van der Waals surface area (Å²) in [5.41, 5.74) is 1.40. The molecule has 156 valence electrons. The quantitative estimate of drug-likeness (QED) is 0.536. The summed E-state index contributed by atoms with van der Waals surface area (Å²) in [6.07, 6.45) is 6.46. The van der Waals surface area contributed by atoms with Crippen LogP contribution >= 0.6 is 0 Å². The van der Waals surface area contributed by atoms with Gasteiger partial charge in [0.05, 0.1) is 13.2 Å². The molecular weight excluding hydrogens is 348 g/mol. The maximum Gasteiger partial charge on any atom is 0.119 e. The Kier molecular flexibility index (Phi) is 7.27. The number of hydrogen-bond donors (Lipinski definition) is 0. The topological polar surface area (TPSA) is 24.9 Å². The van der Waals surface area contributed by atoms with Crippen molar-refractivity contribution in [2.45, 2.75) is 45.6 Å². The molecule has 1 saturated carbocycles. The summed E-state index contributed by atoms with van der Waals surface area (Å²) >= 11 is 0. The zero-order valence-corrected chi connectivity index (χ0v) is 17.7. The zero-order chi connectivity index (χ0) is 19.2. The molecule has 3 fully saturated rings. The first-order chi connectivity index (χ1) is 13.8. The summed E-state index contributed by atoms with van der Waals surface area (Å²) in [6.45, 7) is 12.3. The summed E-state index contributed by atoms with van der Waals surface area (Å²) < 4.78 is 11.7. The lowest BCUT2D eigenvalue weighted by Crippen LogP contribution is -2.31. The molecule has 0 N–H and O–H groups in total. The molecule has 3 atom stereocenters. The van der Waals surface area contributed by atoms with E-state index in [0.717, 1.165) is 56.3 Å². The molecule has 2 aliphatic heterocycles. The fourth-order valence-electron chi connectivity index (χ4n) is 5.07. The first-order valence-corrected chi connectivity index (χ1v) is 11.6. The fraction of sp³-hybridized carbons (Fsp3) is 0.750. The Bertz CT molecular complexity index is 573. The molecule has 0 aromatic heterocycles. The summed E-state index contributed by atoms with van der Waals surface area (Å²) in [5.74, 6) is 3.59. The number of hydrogen-bond acceptors (Lipinski definition) is 4. The van der Waals surface area contributed by atoms with E-state index in [1.54, 1.807) is 0 Å². The highest BCUT2D eigenvalue weighted by molar-refractivity contribution is 5.27. The van der Waals surface area contributed by atoms with Gasteiger partial charge in [-0.2, -0.15) is 0 Å². The highest BCUT2D eigenvalue weighted by Crippen LogP contribution is 2.52. The summed E-state index contributed by atoms with van der Waals surface area (Å²) in [7, 11) is 0. The monoisotopic (exact) mass is 386 g/mol. The molecule has 1 aliphatic carbocycles. The third-order valence-corrected chi connectivity index (χ3v) is 6.77. The summed E-state index contributed by atoms with van der Waals surface area (Å²) in [5, 5.41) is 0. The van der Waals surface area contributed by atoms with E-state index in [1.807, 2.05) is 0 Å². The third kappa shape index (κ3) is 5.49. The largest absolute Gasteiger partial charge is 0.494 e. The highest BCUT2D eigenvalue weighted by atomic mass is 16.5. The maximum atomic E-state index is 6.02. The van der Waals surface area contributed by atoms with Crippen molar-refractivity contribution in [2.24, 2.45) is 17.8 Å². The van der Waals surface area contributed by atoms with E-state index in [4.69, 9.17) is 9.47 Å². The van der Waals surface area contributed by atoms with Crippen molar-refractivity contribution < 1.29 is 9.47 Å². The predicted octanol–water partition coefficient (Wildman–Crippen LogP) is 4.05. The second-order valence-corrected chi connectivity index (χ2v) is 9.01. The van der Waals surface area contributed by atoms with E-state index in [-0.39, 0.29) is 0 Å². The average Bonchev–Trinajstić information content (AvgIpc) is 3.18. The number of fused-ring (bicyclic) bond motifs is 1. The van der Waals surface area contributed by atoms with Gasteiger partial charge in [0.2, 0.25) is 0 Å². The molecular formula is C24H38N2O2. The van der Waals surface area contributed by atoms with Gasteiger partial charge in [-0.3, -0.25) is 4.90 Å². The van der Waals surface area contributed by atoms with Gasteiger partial charge in [0.15, 0.2) is 0 Å². The van der Waals surface area contributed by atoms with E-state index in [2.05, 4.69) is 41.0 Å². The molecule has 3 aliphatic rings. The van der Waals surface area contributed by atoms with Gasteiger partial charge in [-0.05, 0) is 74.2 Å². The van der Waals surface area contributed by atoms with Crippen molar-refractivity contribution in [3.05, 3.63) is 29.8 Å². The van der Waals surface area contributed by atoms with Crippen molar-refractivity contribution in [1.29, 1.82) is 0 Å². The van der Waals surface area contributed by atoms with Crippen LogP contribution in [0.25, 0.3) is 0 Å². The maximum absolute atomic E-state index is 6.02. The number of rotatable bonds is 11. The van der Waals surface area contributed by atoms with E-state index in [9.17, 15) is 0 Å². The van der Waals surface area contributed by atoms with Crippen LogP contribution in [0.1, 0.15) is 44.6 Å². The molecule has 0 radical (unpaired) electrons. The fourth-order valence-corrected chi connectivity index (χ4v) is 5.07. The van der Waals surface area contributed by atoms with Gasteiger partial charge in [0.1, 0.15) is 5.75 Å². The van der Waals surface area contributed by atoms with Crippen LogP contribution in [0.3, 0.4) is 0 Å². The van der Waals surface area contributed by atoms with Gasteiger partial charge < -0.3 is 14.4 Å². The summed E-state index contributed by atoms with van der Waals surface area (Å²) in [4.78, 5) is 5.23. The predicted molar refractivity (Wildman–Crippen MR) is 114 cm³/mol. The van der Waals surface area contributed by atoms with Crippen LogP contribution in [-0.4, -0.2) is 62.3 Å². The number of piperidine rings is 2. The SMILES string of the molecule is CCCOc1ccc(CN2C[C@@H]3[C@H](COCCCN4CCCCC4)[C@@H]3C2)cc1. The number of likely N-dealkylation sites (tertiary alicyclic amines) is 2. The molecule has 2 saturated heterocycles. The van der Waals surface area contributed by atoms with Crippen molar-refractivity contribution in [3.8, 4) is 5.75 Å². The minimum absolute atomic E-state index is 0.802. The standard InChI is InChI=1S/C24H38N2O2/c1-2-14-28-21-9-7-20(8-10-21)16-26-17-22-23(18-26)24(22)19-27-15-6-13-25-11-4-3-5-12-25/h7-10,22-24H,2-6,11-19H2,1H3/t22-,23+,24-. The van der Waals surface area contributed by atoms with E-state index in [1.165, 1.54) is 64.0 Å². The number of ether oxygens (including phenoxy) is 2. The Morgan fingerprint density at radius 3 is 2.39 bits per heavy atom. The van der Waals surface area contributed by atoms with Gasteiger partial charge in [-0.25, -0.2) is 0 Å². The lowest BCUT2D eigenvalue weighted by atomic mass is 10.1. The molecule has 0 spiro atoms. The Hall–Kier alpha value is -1.10. The van der Waals surface area contributed by atoms with Crippen LogP contribution in [0.5, 0.6) is 5.75 Å². The minimum Gasteiger partial charge on any atom is -0.494 e. The zero-order valence-electron chi connectivity index (χ0n) is 17.7. The van der Waals surface area contributed by atoms with Crippen LogP contribution < -0.4 is 4.74 Å². The third-order valence-electron chi connectivity index (χ3n) is 6.77. The molecule has 28 heavy (non-hydrogen) atoms. The Morgan fingerprint density at radius 2 is 1.68 bits per heavy atom. The molecule has 1 aromatic rings. The molecule has 4 rings (SSSR count).